The molecule has 0 saturated carbocycles. The number of rotatable bonds is 6. The molecular formula is C20H18Cl2N2O5. The molecule has 0 atom stereocenters. The number of carbonyl (C=O) groups is 1. The lowest BCUT2D eigenvalue weighted by Gasteiger charge is -2.17. The Kier molecular flexibility index (Phi) is 6.51. The van der Waals surface area contributed by atoms with E-state index in [1.54, 1.807) is 12.1 Å². The van der Waals surface area contributed by atoms with Gasteiger partial charge in [-0.25, -0.2) is 5.43 Å². The van der Waals surface area contributed by atoms with E-state index in [0.717, 1.165) is 11.1 Å². The first-order chi connectivity index (χ1) is 14.0. The molecule has 1 heterocycles. The summed E-state index contributed by atoms with van der Waals surface area (Å²) in [6.45, 7) is 0.262. The molecule has 0 bridgehead atoms. The zero-order valence-electron chi connectivity index (χ0n) is 15.9. The number of carbonyl (C=O) groups excluding carboxylic acids is 1. The van der Waals surface area contributed by atoms with E-state index in [1.807, 2.05) is 6.08 Å². The van der Waals surface area contributed by atoms with Gasteiger partial charge < -0.3 is 18.9 Å². The van der Waals surface area contributed by atoms with Gasteiger partial charge in [0.25, 0.3) is 5.91 Å². The topological polar surface area (TPSA) is 78.4 Å². The van der Waals surface area contributed by atoms with E-state index in [2.05, 4.69) is 10.5 Å². The van der Waals surface area contributed by atoms with Crippen LogP contribution in [-0.2, 0) is 0 Å². The molecule has 29 heavy (non-hydrogen) atoms. The van der Waals surface area contributed by atoms with Crippen LogP contribution in [0.4, 0.5) is 0 Å². The Labute approximate surface area is 177 Å². The van der Waals surface area contributed by atoms with Gasteiger partial charge in [0, 0.05) is 21.7 Å². The standard InChI is InChI=1S/C20H18Cl2N2O5/c1-26-16-6-13(7-17(27-2)19(16)28-3)20(25)24-23-9-11-4-12-5-14(21)8-15(22)18(12)29-10-11/h4-9H,10H2,1-3H3,(H,24,25)/b23-9+. The summed E-state index contributed by atoms with van der Waals surface area (Å²) in [7, 11) is 4.44. The predicted molar refractivity (Wildman–Crippen MR) is 112 cm³/mol. The number of amides is 1. The van der Waals surface area contributed by atoms with Gasteiger partial charge in [-0.15, -0.1) is 0 Å². The van der Waals surface area contributed by atoms with E-state index >= 15 is 0 Å². The summed E-state index contributed by atoms with van der Waals surface area (Å²) >= 11 is 12.1. The van der Waals surface area contributed by atoms with E-state index in [9.17, 15) is 4.79 Å². The lowest BCUT2D eigenvalue weighted by molar-refractivity contribution is 0.0954. The quantitative estimate of drug-likeness (QED) is 0.541. The van der Waals surface area contributed by atoms with Crippen molar-refractivity contribution >= 4 is 41.4 Å². The summed E-state index contributed by atoms with van der Waals surface area (Å²) in [6.07, 6.45) is 3.33. The van der Waals surface area contributed by atoms with Crippen molar-refractivity contribution in [3.8, 4) is 23.0 Å². The smallest absolute Gasteiger partial charge is 0.271 e. The maximum absolute atomic E-state index is 12.4. The monoisotopic (exact) mass is 436 g/mol. The van der Waals surface area contributed by atoms with Crippen molar-refractivity contribution in [2.24, 2.45) is 5.10 Å². The van der Waals surface area contributed by atoms with E-state index in [-0.39, 0.29) is 6.61 Å². The van der Waals surface area contributed by atoms with Crippen LogP contribution in [-0.4, -0.2) is 40.1 Å². The van der Waals surface area contributed by atoms with Crippen LogP contribution in [0.1, 0.15) is 15.9 Å². The second-order valence-corrected chi connectivity index (χ2v) is 6.77. The second-order valence-electron chi connectivity index (χ2n) is 5.93. The molecule has 3 rings (SSSR count). The Morgan fingerprint density at radius 3 is 2.41 bits per heavy atom. The van der Waals surface area contributed by atoms with Crippen LogP contribution in [0, 0.1) is 0 Å². The third-order valence-corrected chi connectivity index (χ3v) is 4.58. The number of hydrogen-bond acceptors (Lipinski definition) is 6. The highest BCUT2D eigenvalue weighted by atomic mass is 35.5. The molecule has 0 saturated heterocycles. The molecule has 152 valence electrons. The fourth-order valence-electron chi connectivity index (χ4n) is 2.76. The summed E-state index contributed by atoms with van der Waals surface area (Å²) in [5.74, 6) is 1.26. The molecule has 7 nitrogen and oxygen atoms in total. The molecule has 1 aliphatic rings. The first-order valence-electron chi connectivity index (χ1n) is 8.42. The van der Waals surface area contributed by atoms with E-state index < -0.39 is 5.91 Å². The van der Waals surface area contributed by atoms with Crippen LogP contribution in [0.3, 0.4) is 0 Å². The molecule has 1 aliphatic heterocycles. The third-order valence-electron chi connectivity index (χ3n) is 4.08. The number of nitrogens with zero attached hydrogens (tertiary/aromatic N) is 1. The predicted octanol–water partition coefficient (Wildman–Crippen LogP) is 4.21. The molecule has 0 fully saturated rings. The summed E-state index contributed by atoms with van der Waals surface area (Å²) in [5, 5.41) is 4.93. The van der Waals surface area contributed by atoms with Gasteiger partial charge in [0.2, 0.25) is 5.75 Å². The Hall–Kier alpha value is -2.90. The largest absolute Gasteiger partial charge is 0.493 e. The zero-order valence-corrected chi connectivity index (χ0v) is 17.4. The fourth-order valence-corrected chi connectivity index (χ4v) is 3.33. The first kappa shape index (κ1) is 20.8. The van der Waals surface area contributed by atoms with Gasteiger partial charge in [0.15, 0.2) is 11.5 Å². The summed E-state index contributed by atoms with van der Waals surface area (Å²) in [6, 6.07) is 6.43. The number of methoxy groups -OCH3 is 3. The highest BCUT2D eigenvalue weighted by Gasteiger charge is 2.17. The van der Waals surface area contributed by atoms with Gasteiger partial charge in [-0.3, -0.25) is 4.79 Å². The Balaban J connectivity index is 1.75. The number of benzene rings is 2. The van der Waals surface area contributed by atoms with Crippen LogP contribution in [0.25, 0.3) is 6.08 Å². The molecular weight excluding hydrogens is 419 g/mol. The molecule has 0 aliphatic carbocycles. The Morgan fingerprint density at radius 1 is 1.10 bits per heavy atom. The van der Waals surface area contributed by atoms with Crippen LogP contribution in [0.2, 0.25) is 10.0 Å². The highest BCUT2D eigenvalue weighted by molar-refractivity contribution is 6.36. The average Bonchev–Trinajstić information content (AvgIpc) is 2.72. The molecule has 2 aromatic rings. The summed E-state index contributed by atoms with van der Waals surface area (Å²) in [5.41, 5.74) is 4.24. The van der Waals surface area contributed by atoms with Crippen LogP contribution in [0.5, 0.6) is 23.0 Å². The number of ether oxygens (including phenoxy) is 4. The van der Waals surface area contributed by atoms with Crippen molar-refractivity contribution in [3.05, 3.63) is 51.0 Å². The van der Waals surface area contributed by atoms with Crippen molar-refractivity contribution in [2.45, 2.75) is 0 Å². The maximum atomic E-state index is 12.4. The molecule has 9 heteroatoms. The van der Waals surface area contributed by atoms with Gasteiger partial charge in [-0.2, -0.15) is 5.10 Å². The zero-order chi connectivity index (χ0) is 21.0. The second kappa shape index (κ2) is 9.07. The normalized spacial score (nSPS) is 12.7. The number of hydrogen-bond donors (Lipinski definition) is 1. The fraction of sp³-hybridized carbons (Fsp3) is 0.200. The highest BCUT2D eigenvalue weighted by Crippen LogP contribution is 2.38. The Bertz CT molecular complexity index is 980. The van der Waals surface area contributed by atoms with Crippen molar-refractivity contribution in [2.75, 3.05) is 27.9 Å². The molecule has 1 amide bonds. The lowest BCUT2D eigenvalue weighted by Crippen LogP contribution is -2.19. The van der Waals surface area contributed by atoms with Gasteiger partial charge in [-0.1, -0.05) is 23.2 Å². The van der Waals surface area contributed by atoms with Gasteiger partial charge in [0.05, 0.1) is 32.6 Å². The Morgan fingerprint density at radius 2 is 1.79 bits per heavy atom. The summed E-state index contributed by atoms with van der Waals surface area (Å²) in [4.78, 5) is 12.4. The minimum atomic E-state index is -0.440. The van der Waals surface area contributed by atoms with Crippen molar-refractivity contribution in [1.82, 2.24) is 5.43 Å². The minimum Gasteiger partial charge on any atom is -0.493 e. The molecule has 2 aromatic carbocycles. The molecule has 0 spiro atoms. The lowest BCUT2D eigenvalue weighted by atomic mass is 10.1. The molecule has 0 unspecified atom stereocenters. The van der Waals surface area contributed by atoms with Crippen LogP contribution >= 0.6 is 23.2 Å². The number of hydrazone groups is 1. The number of nitrogens with one attached hydrogen (secondary N) is 1. The summed E-state index contributed by atoms with van der Waals surface area (Å²) < 4.78 is 21.4. The first-order valence-corrected chi connectivity index (χ1v) is 9.18. The maximum Gasteiger partial charge on any atom is 0.271 e. The van der Waals surface area contributed by atoms with Crippen LogP contribution < -0.4 is 24.4 Å². The van der Waals surface area contributed by atoms with E-state index in [0.29, 0.717) is 38.6 Å². The van der Waals surface area contributed by atoms with Crippen molar-refractivity contribution in [3.63, 3.8) is 0 Å². The molecule has 0 radical (unpaired) electrons. The average molecular weight is 437 g/mol. The van der Waals surface area contributed by atoms with E-state index in [4.69, 9.17) is 42.1 Å². The van der Waals surface area contributed by atoms with Gasteiger partial charge in [-0.05, 0) is 30.3 Å². The number of halogens is 2. The van der Waals surface area contributed by atoms with Crippen LogP contribution in [0.15, 0.2) is 34.9 Å². The van der Waals surface area contributed by atoms with Crippen molar-refractivity contribution < 1.29 is 23.7 Å². The van der Waals surface area contributed by atoms with Gasteiger partial charge >= 0.3 is 0 Å². The van der Waals surface area contributed by atoms with Gasteiger partial charge in [0.1, 0.15) is 12.4 Å². The minimum absolute atomic E-state index is 0.262. The molecule has 0 aromatic heterocycles. The van der Waals surface area contributed by atoms with Crippen molar-refractivity contribution in [1.29, 1.82) is 0 Å². The SMILES string of the molecule is COc1cc(C(=O)N/N=C/C2=Cc3cc(Cl)cc(Cl)c3OC2)cc(OC)c1OC. The number of fused-ring (bicyclic) bond motifs is 1. The molecule has 1 N–H and O–H groups in total. The van der Waals surface area contributed by atoms with E-state index in [1.165, 1.54) is 39.7 Å². The third kappa shape index (κ3) is 4.58.